The van der Waals surface area contributed by atoms with Crippen LogP contribution in [-0.4, -0.2) is 48.1 Å². The quantitative estimate of drug-likeness (QED) is 0.793. The zero-order valence-electron chi connectivity index (χ0n) is 12.6. The summed E-state index contributed by atoms with van der Waals surface area (Å²) in [6, 6.07) is 1.44. The molecule has 2 aliphatic rings. The lowest BCUT2D eigenvalue weighted by Gasteiger charge is -2.34. The summed E-state index contributed by atoms with van der Waals surface area (Å²) in [5.74, 6) is 0.194. The van der Waals surface area contributed by atoms with Crippen LogP contribution in [0.4, 0.5) is 0 Å². The molecule has 0 aliphatic carbocycles. The van der Waals surface area contributed by atoms with Crippen LogP contribution in [0.25, 0.3) is 0 Å². The molecule has 2 rings (SSSR count). The minimum absolute atomic E-state index is 0.00361. The maximum absolute atomic E-state index is 12.3. The molecule has 0 spiro atoms. The molecule has 0 bridgehead atoms. The Morgan fingerprint density at radius 2 is 2.16 bits per heavy atom. The van der Waals surface area contributed by atoms with Crippen LogP contribution in [0.15, 0.2) is 0 Å². The Labute approximate surface area is 117 Å². The maximum atomic E-state index is 12.3. The van der Waals surface area contributed by atoms with E-state index >= 15 is 0 Å². The molecule has 0 aromatic rings. The van der Waals surface area contributed by atoms with Gasteiger partial charge in [-0.25, -0.2) is 0 Å². The van der Waals surface area contributed by atoms with Crippen LogP contribution in [0.2, 0.25) is 0 Å². The Kier molecular flexibility index (Phi) is 5.22. The third-order valence-electron chi connectivity index (χ3n) is 4.78. The van der Waals surface area contributed by atoms with E-state index in [1.54, 1.807) is 0 Å². The number of nitrogens with one attached hydrogen (secondary N) is 2. The number of rotatable bonds is 5. The molecule has 2 fully saturated rings. The molecule has 0 aromatic carbocycles. The van der Waals surface area contributed by atoms with Crippen LogP contribution >= 0.6 is 0 Å². The van der Waals surface area contributed by atoms with E-state index in [0.29, 0.717) is 12.1 Å². The Bertz CT molecular complexity index is 302. The van der Waals surface area contributed by atoms with Crippen molar-refractivity contribution in [2.24, 2.45) is 0 Å². The Morgan fingerprint density at radius 3 is 2.79 bits per heavy atom. The van der Waals surface area contributed by atoms with Crippen molar-refractivity contribution in [1.82, 2.24) is 15.5 Å². The normalized spacial score (nSPS) is 31.3. The van der Waals surface area contributed by atoms with Gasteiger partial charge in [0.1, 0.15) is 0 Å². The molecule has 2 aliphatic heterocycles. The van der Waals surface area contributed by atoms with Gasteiger partial charge in [0.15, 0.2) is 0 Å². The third kappa shape index (κ3) is 3.48. The SMILES string of the molecule is CCC(C)NC(=O)C(C)N1CCCC1C1CCCN1. The molecule has 4 atom stereocenters. The molecule has 110 valence electrons. The maximum Gasteiger partial charge on any atom is 0.237 e. The molecule has 0 saturated carbocycles. The van der Waals surface area contributed by atoms with E-state index in [1.807, 2.05) is 0 Å². The van der Waals surface area contributed by atoms with Crippen LogP contribution in [0.3, 0.4) is 0 Å². The van der Waals surface area contributed by atoms with Gasteiger partial charge in [-0.1, -0.05) is 6.92 Å². The lowest BCUT2D eigenvalue weighted by molar-refractivity contribution is -0.127. The van der Waals surface area contributed by atoms with Gasteiger partial charge < -0.3 is 10.6 Å². The molecule has 2 N–H and O–H groups in total. The first-order valence-electron chi connectivity index (χ1n) is 7.93. The summed E-state index contributed by atoms with van der Waals surface area (Å²) in [4.78, 5) is 14.7. The first-order valence-corrected chi connectivity index (χ1v) is 7.93. The van der Waals surface area contributed by atoms with Crippen LogP contribution in [-0.2, 0) is 4.79 Å². The molecule has 4 heteroatoms. The Morgan fingerprint density at radius 1 is 1.37 bits per heavy atom. The van der Waals surface area contributed by atoms with Crippen molar-refractivity contribution < 1.29 is 4.79 Å². The number of hydrogen-bond donors (Lipinski definition) is 2. The summed E-state index contributed by atoms with van der Waals surface area (Å²) in [6.07, 6.45) is 6.00. The van der Waals surface area contributed by atoms with Crippen molar-refractivity contribution in [1.29, 1.82) is 0 Å². The van der Waals surface area contributed by atoms with Crippen molar-refractivity contribution in [3.63, 3.8) is 0 Å². The Balaban J connectivity index is 1.92. The summed E-state index contributed by atoms with van der Waals surface area (Å²) < 4.78 is 0. The molecular formula is C15H29N3O. The topological polar surface area (TPSA) is 44.4 Å². The van der Waals surface area contributed by atoms with Gasteiger partial charge in [0, 0.05) is 18.1 Å². The summed E-state index contributed by atoms with van der Waals surface area (Å²) in [5.41, 5.74) is 0. The fourth-order valence-electron chi connectivity index (χ4n) is 3.38. The first kappa shape index (κ1) is 14.8. The highest BCUT2D eigenvalue weighted by atomic mass is 16.2. The second kappa shape index (κ2) is 6.71. The van der Waals surface area contributed by atoms with E-state index in [1.165, 1.54) is 25.7 Å². The van der Waals surface area contributed by atoms with Crippen LogP contribution < -0.4 is 10.6 Å². The number of carbonyl (C=O) groups excluding carboxylic acids is 1. The molecule has 0 aromatic heterocycles. The highest BCUT2D eigenvalue weighted by Gasteiger charge is 2.37. The second-order valence-corrected chi connectivity index (χ2v) is 6.14. The van der Waals surface area contributed by atoms with Gasteiger partial charge in [0.2, 0.25) is 5.91 Å². The van der Waals surface area contributed by atoms with Crippen LogP contribution in [0.1, 0.15) is 52.9 Å². The molecule has 2 saturated heterocycles. The smallest absolute Gasteiger partial charge is 0.237 e. The van der Waals surface area contributed by atoms with Crippen molar-refractivity contribution >= 4 is 5.91 Å². The van der Waals surface area contributed by atoms with E-state index in [0.717, 1.165) is 19.5 Å². The van der Waals surface area contributed by atoms with E-state index in [9.17, 15) is 4.79 Å². The molecule has 4 unspecified atom stereocenters. The number of hydrogen-bond acceptors (Lipinski definition) is 3. The van der Waals surface area contributed by atoms with Crippen LogP contribution in [0.5, 0.6) is 0 Å². The Hall–Kier alpha value is -0.610. The van der Waals surface area contributed by atoms with Crippen molar-refractivity contribution in [2.75, 3.05) is 13.1 Å². The predicted molar refractivity (Wildman–Crippen MR) is 78.1 cm³/mol. The number of carbonyl (C=O) groups is 1. The molecule has 19 heavy (non-hydrogen) atoms. The molecule has 4 nitrogen and oxygen atoms in total. The lowest BCUT2D eigenvalue weighted by atomic mass is 10.0. The summed E-state index contributed by atoms with van der Waals surface area (Å²) >= 11 is 0. The number of nitrogens with zero attached hydrogens (tertiary/aromatic N) is 1. The van der Waals surface area contributed by atoms with E-state index in [-0.39, 0.29) is 18.0 Å². The minimum atomic E-state index is 0.00361. The fraction of sp³-hybridized carbons (Fsp3) is 0.933. The molecular weight excluding hydrogens is 238 g/mol. The van der Waals surface area contributed by atoms with Gasteiger partial charge >= 0.3 is 0 Å². The average molecular weight is 267 g/mol. The van der Waals surface area contributed by atoms with Crippen molar-refractivity contribution in [2.45, 2.75) is 77.0 Å². The largest absolute Gasteiger partial charge is 0.352 e. The first-order chi connectivity index (χ1) is 9.13. The van der Waals surface area contributed by atoms with Crippen molar-refractivity contribution in [3.05, 3.63) is 0 Å². The van der Waals surface area contributed by atoms with Gasteiger partial charge in [-0.2, -0.15) is 0 Å². The van der Waals surface area contributed by atoms with Gasteiger partial charge in [-0.3, -0.25) is 9.69 Å². The zero-order chi connectivity index (χ0) is 13.8. The lowest BCUT2D eigenvalue weighted by Crippen LogP contribution is -2.53. The van der Waals surface area contributed by atoms with Crippen molar-refractivity contribution in [3.8, 4) is 0 Å². The highest BCUT2D eigenvalue weighted by molar-refractivity contribution is 5.81. The molecule has 1 amide bonds. The van der Waals surface area contributed by atoms with Gasteiger partial charge in [0.05, 0.1) is 6.04 Å². The van der Waals surface area contributed by atoms with E-state index in [4.69, 9.17) is 0 Å². The van der Waals surface area contributed by atoms with Gasteiger partial charge in [-0.15, -0.1) is 0 Å². The minimum Gasteiger partial charge on any atom is -0.352 e. The third-order valence-corrected chi connectivity index (χ3v) is 4.78. The van der Waals surface area contributed by atoms with E-state index < -0.39 is 0 Å². The van der Waals surface area contributed by atoms with Gasteiger partial charge in [0.25, 0.3) is 0 Å². The number of likely N-dealkylation sites (tertiary alicyclic amines) is 1. The zero-order valence-corrected chi connectivity index (χ0v) is 12.6. The van der Waals surface area contributed by atoms with E-state index in [2.05, 4.69) is 36.3 Å². The predicted octanol–water partition coefficient (Wildman–Crippen LogP) is 1.51. The monoisotopic (exact) mass is 267 g/mol. The summed E-state index contributed by atoms with van der Waals surface area (Å²) in [6.45, 7) is 8.45. The summed E-state index contributed by atoms with van der Waals surface area (Å²) in [7, 11) is 0. The standard InChI is InChI=1S/C15H29N3O/c1-4-11(2)17-15(19)12(3)18-10-6-8-14(18)13-7-5-9-16-13/h11-14,16H,4-10H2,1-3H3,(H,17,19). The van der Waals surface area contributed by atoms with Gasteiger partial charge in [-0.05, 0) is 59.0 Å². The van der Waals surface area contributed by atoms with Crippen LogP contribution in [0, 0.1) is 0 Å². The second-order valence-electron chi connectivity index (χ2n) is 6.14. The number of amides is 1. The fourth-order valence-corrected chi connectivity index (χ4v) is 3.38. The molecule has 2 heterocycles. The summed E-state index contributed by atoms with van der Waals surface area (Å²) in [5, 5.41) is 6.72. The molecule has 0 radical (unpaired) electrons. The highest BCUT2D eigenvalue weighted by Crippen LogP contribution is 2.26. The average Bonchev–Trinajstić information content (AvgIpc) is 3.07.